The second-order valence-electron chi connectivity index (χ2n) is 1.88. The van der Waals surface area contributed by atoms with Crippen molar-refractivity contribution >= 4 is 6.21 Å². The van der Waals surface area contributed by atoms with Crippen molar-refractivity contribution in [2.75, 3.05) is 7.05 Å². The van der Waals surface area contributed by atoms with E-state index in [1.807, 2.05) is 0 Å². The van der Waals surface area contributed by atoms with Gasteiger partial charge in [0.05, 0.1) is 5.57 Å². The molecule has 0 aliphatic heterocycles. The number of nitrogens with one attached hydrogen (secondary N) is 2. The first-order valence-corrected chi connectivity index (χ1v) is 2.90. The smallest absolute Gasteiger partial charge is 0.118 e. The lowest BCUT2D eigenvalue weighted by molar-refractivity contribution is 0.429. The number of hydrogen-bond acceptors (Lipinski definition) is 3. The van der Waals surface area contributed by atoms with Gasteiger partial charge in [-0.25, -0.2) is 0 Å². The Morgan fingerprint density at radius 2 is 2.20 bits per heavy atom. The van der Waals surface area contributed by atoms with Crippen LogP contribution in [0.15, 0.2) is 23.6 Å². The van der Waals surface area contributed by atoms with Crippen molar-refractivity contribution in [3.8, 4) is 0 Å². The molecule has 0 aromatic carbocycles. The van der Waals surface area contributed by atoms with Gasteiger partial charge in [0.1, 0.15) is 5.76 Å². The molecule has 56 valence electrons. The zero-order chi connectivity index (χ0) is 8.15. The van der Waals surface area contributed by atoms with Crippen LogP contribution in [0.1, 0.15) is 6.92 Å². The molecule has 3 nitrogen and oxygen atoms in total. The molecule has 0 radical (unpaired) electrons. The Morgan fingerprint density at radius 3 is 2.30 bits per heavy atom. The zero-order valence-electron chi connectivity index (χ0n) is 6.23. The maximum Gasteiger partial charge on any atom is 0.118 e. The number of aliphatic hydroxyl groups is 1. The summed E-state index contributed by atoms with van der Waals surface area (Å²) in [4.78, 5) is 0. The first kappa shape index (κ1) is 8.75. The number of aliphatic hydroxyl groups excluding tert-OH is 1. The molecule has 0 aromatic heterocycles. The summed E-state index contributed by atoms with van der Waals surface area (Å²) in [5.74, 6) is -0.0816. The van der Waals surface area contributed by atoms with Crippen molar-refractivity contribution in [1.29, 1.82) is 5.41 Å². The average molecular weight is 140 g/mol. The van der Waals surface area contributed by atoms with Crippen LogP contribution in [0.25, 0.3) is 0 Å². The molecule has 3 heteroatoms. The normalized spacial score (nSPS) is 11.8. The fourth-order valence-corrected chi connectivity index (χ4v) is 0.543. The highest BCUT2D eigenvalue weighted by atomic mass is 16.3. The van der Waals surface area contributed by atoms with Crippen LogP contribution in [0.3, 0.4) is 0 Å². The van der Waals surface area contributed by atoms with Crippen molar-refractivity contribution in [2.24, 2.45) is 0 Å². The molecule has 0 amide bonds. The Bertz CT molecular complexity index is 182. The van der Waals surface area contributed by atoms with Crippen LogP contribution in [0.4, 0.5) is 0 Å². The Morgan fingerprint density at radius 1 is 1.70 bits per heavy atom. The quantitative estimate of drug-likeness (QED) is 0.313. The number of hydrogen-bond donors (Lipinski definition) is 3. The largest absolute Gasteiger partial charge is 0.508 e. The Labute approximate surface area is 60.6 Å². The molecule has 0 heterocycles. The van der Waals surface area contributed by atoms with Gasteiger partial charge in [-0.15, -0.1) is 0 Å². The summed E-state index contributed by atoms with van der Waals surface area (Å²) in [5, 5.41) is 18.6. The molecule has 10 heavy (non-hydrogen) atoms. The molecule has 0 bridgehead atoms. The van der Waals surface area contributed by atoms with Crippen molar-refractivity contribution in [3.63, 3.8) is 0 Å². The van der Waals surface area contributed by atoms with Crippen molar-refractivity contribution in [2.45, 2.75) is 6.92 Å². The Kier molecular flexibility index (Phi) is 3.25. The molecule has 0 rings (SSSR count). The van der Waals surface area contributed by atoms with E-state index in [4.69, 9.17) is 10.5 Å². The maximum atomic E-state index is 8.87. The second-order valence-corrected chi connectivity index (χ2v) is 1.88. The van der Waals surface area contributed by atoms with E-state index in [-0.39, 0.29) is 5.76 Å². The molecule has 0 atom stereocenters. The minimum atomic E-state index is -0.0816. The van der Waals surface area contributed by atoms with E-state index in [9.17, 15) is 0 Å². The minimum absolute atomic E-state index is 0.0816. The highest BCUT2D eigenvalue weighted by molar-refractivity contribution is 5.81. The van der Waals surface area contributed by atoms with Crippen LogP contribution in [0.2, 0.25) is 0 Å². The molecular weight excluding hydrogens is 128 g/mol. The van der Waals surface area contributed by atoms with Gasteiger partial charge in [0, 0.05) is 19.0 Å². The lowest BCUT2D eigenvalue weighted by Crippen LogP contribution is -2.07. The van der Waals surface area contributed by atoms with E-state index in [0.29, 0.717) is 5.57 Å². The van der Waals surface area contributed by atoms with E-state index in [0.717, 1.165) is 11.9 Å². The summed E-state index contributed by atoms with van der Waals surface area (Å²) in [5.41, 5.74) is 1.17. The van der Waals surface area contributed by atoms with E-state index in [1.165, 1.54) is 0 Å². The van der Waals surface area contributed by atoms with Gasteiger partial charge >= 0.3 is 0 Å². The van der Waals surface area contributed by atoms with Gasteiger partial charge < -0.3 is 15.8 Å². The second kappa shape index (κ2) is 3.71. The van der Waals surface area contributed by atoms with Crippen molar-refractivity contribution in [3.05, 3.63) is 23.6 Å². The minimum Gasteiger partial charge on any atom is -0.508 e. The summed E-state index contributed by atoms with van der Waals surface area (Å²) < 4.78 is 0. The molecule has 0 fully saturated rings. The van der Waals surface area contributed by atoms with Gasteiger partial charge in [-0.2, -0.15) is 0 Å². The third kappa shape index (κ3) is 1.93. The Hall–Kier alpha value is -1.25. The van der Waals surface area contributed by atoms with Gasteiger partial charge in [0.15, 0.2) is 0 Å². The predicted molar refractivity (Wildman–Crippen MR) is 42.3 cm³/mol. The fraction of sp³-hybridized carbons (Fsp3) is 0.286. The first-order valence-electron chi connectivity index (χ1n) is 2.90. The lowest BCUT2D eigenvalue weighted by atomic mass is 10.2. The third-order valence-corrected chi connectivity index (χ3v) is 1.23. The van der Waals surface area contributed by atoms with Crippen LogP contribution < -0.4 is 5.32 Å². The van der Waals surface area contributed by atoms with Gasteiger partial charge in [0.2, 0.25) is 0 Å². The van der Waals surface area contributed by atoms with Crippen LogP contribution in [0.5, 0.6) is 0 Å². The number of rotatable bonds is 3. The first-order chi connectivity index (χ1) is 4.63. The summed E-state index contributed by atoms with van der Waals surface area (Å²) in [6.45, 7) is 5.07. The SMILES string of the molecule is C=C(O)/C(C=N)=C(\C)NC. The fourth-order valence-electron chi connectivity index (χ4n) is 0.543. The van der Waals surface area contributed by atoms with Gasteiger partial charge in [-0.3, -0.25) is 0 Å². The average Bonchev–Trinajstić information content (AvgIpc) is 1.88. The molecule has 0 spiro atoms. The van der Waals surface area contributed by atoms with Crippen LogP contribution in [-0.4, -0.2) is 18.4 Å². The number of allylic oxidation sites excluding steroid dienone is 2. The molecule has 0 saturated heterocycles. The molecule has 0 aromatic rings. The predicted octanol–water partition coefficient (Wildman–Crippen LogP) is 1.20. The van der Waals surface area contributed by atoms with E-state index < -0.39 is 0 Å². The Balaban J connectivity index is 4.62. The van der Waals surface area contributed by atoms with Crippen LogP contribution >= 0.6 is 0 Å². The lowest BCUT2D eigenvalue weighted by Gasteiger charge is -2.03. The molecular formula is C7H12N2O. The van der Waals surface area contributed by atoms with E-state index in [2.05, 4.69) is 11.9 Å². The molecule has 3 N–H and O–H groups in total. The maximum absolute atomic E-state index is 8.87. The molecule has 0 unspecified atom stereocenters. The van der Waals surface area contributed by atoms with E-state index >= 15 is 0 Å². The van der Waals surface area contributed by atoms with Gasteiger partial charge in [0.25, 0.3) is 0 Å². The third-order valence-electron chi connectivity index (χ3n) is 1.23. The van der Waals surface area contributed by atoms with Gasteiger partial charge in [-0.1, -0.05) is 6.58 Å². The monoisotopic (exact) mass is 140 g/mol. The summed E-state index contributed by atoms with van der Waals surface area (Å²) in [6.07, 6.45) is 1.06. The summed E-state index contributed by atoms with van der Waals surface area (Å²) in [7, 11) is 1.72. The zero-order valence-corrected chi connectivity index (χ0v) is 6.23. The molecule has 0 aliphatic carbocycles. The summed E-state index contributed by atoms with van der Waals surface area (Å²) >= 11 is 0. The van der Waals surface area contributed by atoms with Crippen molar-refractivity contribution in [1.82, 2.24) is 5.32 Å². The standard InChI is InChI=1S/C7H12N2O/c1-5(9-3)7(4-8)6(2)10/h4,8-10H,2H2,1,3H3/b7-5+,8-4?. The van der Waals surface area contributed by atoms with Crippen LogP contribution in [0, 0.1) is 5.41 Å². The van der Waals surface area contributed by atoms with Gasteiger partial charge in [-0.05, 0) is 6.92 Å². The summed E-state index contributed by atoms with van der Waals surface area (Å²) in [6, 6.07) is 0. The molecule has 0 aliphatic rings. The molecule has 0 saturated carbocycles. The van der Waals surface area contributed by atoms with E-state index in [1.54, 1.807) is 14.0 Å². The van der Waals surface area contributed by atoms with Crippen LogP contribution in [-0.2, 0) is 0 Å². The van der Waals surface area contributed by atoms with Crippen molar-refractivity contribution < 1.29 is 5.11 Å². The topological polar surface area (TPSA) is 56.1 Å². The highest BCUT2D eigenvalue weighted by Gasteiger charge is 1.99. The highest BCUT2D eigenvalue weighted by Crippen LogP contribution is 2.04.